The van der Waals surface area contributed by atoms with Crippen LogP contribution in [0.3, 0.4) is 0 Å². The van der Waals surface area contributed by atoms with Crippen molar-refractivity contribution in [2.24, 2.45) is 11.8 Å². The van der Waals surface area contributed by atoms with Crippen molar-refractivity contribution >= 4 is 35.1 Å². The lowest BCUT2D eigenvalue weighted by atomic mass is 9.83. The molecule has 3 N–H and O–H groups in total. The van der Waals surface area contributed by atoms with Crippen molar-refractivity contribution in [1.29, 1.82) is 0 Å². The number of benzene rings is 1. The molecular weight excluding hydrogens is 491 g/mol. The summed E-state index contributed by atoms with van der Waals surface area (Å²) in [6, 6.07) is 2.00. The number of carboxylic acid groups (broad SMARTS) is 1. The molecule has 3 rings (SSSR count). The van der Waals surface area contributed by atoms with E-state index in [1.54, 1.807) is 13.8 Å². The normalized spacial score (nSPS) is 25.5. The van der Waals surface area contributed by atoms with Crippen LogP contribution in [0.4, 0.5) is 18.9 Å². The highest BCUT2D eigenvalue weighted by molar-refractivity contribution is 6.31. The van der Waals surface area contributed by atoms with E-state index in [2.05, 4.69) is 10.6 Å². The van der Waals surface area contributed by atoms with Crippen LogP contribution in [0.1, 0.15) is 38.7 Å². The van der Waals surface area contributed by atoms with Gasteiger partial charge in [-0.05, 0) is 49.9 Å². The molecule has 2 fully saturated rings. The Morgan fingerprint density at radius 1 is 1.34 bits per heavy atom. The number of nitrogens with one attached hydrogen (secondary N) is 2. The fourth-order valence-corrected chi connectivity index (χ4v) is 4.77. The van der Waals surface area contributed by atoms with Crippen molar-refractivity contribution < 1.29 is 37.4 Å². The second-order valence-corrected chi connectivity index (χ2v) is 9.79. The van der Waals surface area contributed by atoms with Gasteiger partial charge in [0.05, 0.1) is 24.1 Å². The molecule has 2 heterocycles. The molecule has 3 unspecified atom stereocenters. The topological polar surface area (TPSA) is 108 Å². The monoisotopic (exact) mass is 519 g/mol. The second kappa shape index (κ2) is 10.6. The maximum Gasteiger partial charge on any atom is 0.416 e. The van der Waals surface area contributed by atoms with Crippen LogP contribution in [0.2, 0.25) is 5.02 Å². The molecular formula is C23H29ClF3N3O5. The summed E-state index contributed by atoms with van der Waals surface area (Å²) in [5.74, 6) is -3.60. The highest BCUT2D eigenvalue weighted by Gasteiger charge is 2.54. The van der Waals surface area contributed by atoms with Gasteiger partial charge in [0.15, 0.2) is 0 Å². The molecule has 0 saturated carbocycles. The number of rotatable bonds is 7. The Balaban J connectivity index is 2.02. The lowest BCUT2D eigenvalue weighted by molar-refractivity contribution is -0.163. The first-order valence-corrected chi connectivity index (χ1v) is 11.8. The van der Waals surface area contributed by atoms with Gasteiger partial charge >= 0.3 is 18.1 Å². The lowest BCUT2D eigenvalue weighted by Crippen LogP contribution is -2.67. The number of hydrogen-bond donors (Lipinski definition) is 3. The number of alkyl halides is 3. The van der Waals surface area contributed by atoms with Crippen molar-refractivity contribution in [2.45, 2.75) is 50.9 Å². The predicted octanol–water partition coefficient (Wildman–Crippen LogP) is 3.39. The standard InChI is InChI=1S/C23H29ClF3N3O5/c1-13(2)12-35-21(34)22(29-16-9-14(23(25,26)27)8-15(24)10-16)5-3-7-30(20(22)33)18-11-28-6-4-17(18)19(31)32/h8-10,13,17-18,28-29H,3-7,11-12H2,1-2H3,(H,31,32). The van der Waals surface area contributed by atoms with Gasteiger partial charge in [0, 0.05) is 23.8 Å². The minimum atomic E-state index is -4.70. The summed E-state index contributed by atoms with van der Waals surface area (Å²) in [5.41, 5.74) is -3.24. The number of carbonyl (C=O) groups excluding carboxylic acids is 2. The fraction of sp³-hybridized carbons (Fsp3) is 0.609. The van der Waals surface area contributed by atoms with Gasteiger partial charge in [-0.2, -0.15) is 13.2 Å². The quantitative estimate of drug-likeness (QED) is 0.374. The van der Waals surface area contributed by atoms with E-state index in [1.807, 2.05) is 0 Å². The Hall–Kier alpha value is -2.53. The van der Waals surface area contributed by atoms with Crippen LogP contribution < -0.4 is 10.6 Å². The molecule has 0 bridgehead atoms. The number of hydrogen-bond acceptors (Lipinski definition) is 6. The summed E-state index contributed by atoms with van der Waals surface area (Å²) in [6.07, 6.45) is -4.13. The summed E-state index contributed by atoms with van der Waals surface area (Å²) in [5, 5.41) is 15.3. The van der Waals surface area contributed by atoms with Gasteiger partial charge in [-0.25, -0.2) is 4.79 Å². The minimum Gasteiger partial charge on any atom is -0.481 e. The van der Waals surface area contributed by atoms with E-state index in [0.717, 1.165) is 12.1 Å². The van der Waals surface area contributed by atoms with Crippen LogP contribution in [-0.4, -0.2) is 65.7 Å². The Kier molecular flexibility index (Phi) is 8.21. The third-order valence-corrected chi connectivity index (χ3v) is 6.44. The molecule has 3 atom stereocenters. The minimum absolute atomic E-state index is 0.00161. The average molecular weight is 520 g/mol. The number of halogens is 4. The van der Waals surface area contributed by atoms with E-state index in [0.29, 0.717) is 19.4 Å². The molecule has 1 aromatic rings. The van der Waals surface area contributed by atoms with Crippen LogP contribution in [0.25, 0.3) is 0 Å². The molecule has 35 heavy (non-hydrogen) atoms. The first-order valence-electron chi connectivity index (χ1n) is 11.4. The van der Waals surface area contributed by atoms with Gasteiger partial charge in [-0.15, -0.1) is 0 Å². The Labute approximate surface area is 206 Å². The summed E-state index contributed by atoms with van der Waals surface area (Å²) in [7, 11) is 0. The second-order valence-electron chi connectivity index (χ2n) is 9.36. The molecule has 0 aromatic heterocycles. The van der Waals surface area contributed by atoms with Crippen LogP contribution >= 0.6 is 11.6 Å². The third kappa shape index (κ3) is 6.00. The molecule has 2 aliphatic heterocycles. The average Bonchev–Trinajstić information content (AvgIpc) is 2.78. The molecule has 1 amide bonds. The van der Waals surface area contributed by atoms with Crippen LogP contribution in [0.15, 0.2) is 18.2 Å². The summed E-state index contributed by atoms with van der Waals surface area (Å²) in [6.45, 7) is 4.51. The Morgan fingerprint density at radius 3 is 2.69 bits per heavy atom. The van der Waals surface area contributed by atoms with E-state index in [-0.39, 0.29) is 42.7 Å². The molecule has 0 spiro atoms. The number of piperidine rings is 2. The number of amides is 1. The van der Waals surface area contributed by atoms with Crippen LogP contribution in [0.5, 0.6) is 0 Å². The highest BCUT2D eigenvalue weighted by atomic mass is 35.5. The number of likely N-dealkylation sites (tertiary alicyclic amines) is 1. The zero-order valence-electron chi connectivity index (χ0n) is 19.5. The zero-order valence-corrected chi connectivity index (χ0v) is 20.2. The molecule has 0 radical (unpaired) electrons. The molecule has 1 aromatic carbocycles. The molecule has 8 nitrogen and oxygen atoms in total. The van der Waals surface area contributed by atoms with Gasteiger partial charge in [0.25, 0.3) is 5.91 Å². The van der Waals surface area contributed by atoms with Gasteiger partial charge < -0.3 is 25.4 Å². The Bertz CT molecular complexity index is 974. The fourth-order valence-electron chi connectivity index (χ4n) is 4.54. The number of carbonyl (C=O) groups is 3. The summed E-state index contributed by atoms with van der Waals surface area (Å²) in [4.78, 5) is 40.4. The lowest BCUT2D eigenvalue weighted by Gasteiger charge is -2.46. The largest absolute Gasteiger partial charge is 0.481 e. The van der Waals surface area contributed by atoms with Crippen LogP contribution in [-0.2, 0) is 25.3 Å². The van der Waals surface area contributed by atoms with Crippen molar-refractivity contribution in [2.75, 3.05) is 31.6 Å². The van der Waals surface area contributed by atoms with Crippen molar-refractivity contribution in [3.05, 3.63) is 28.8 Å². The third-order valence-electron chi connectivity index (χ3n) is 6.22. The van der Waals surface area contributed by atoms with E-state index in [9.17, 15) is 32.7 Å². The van der Waals surface area contributed by atoms with Gasteiger partial charge in [0.1, 0.15) is 0 Å². The number of ether oxygens (including phenoxy) is 1. The van der Waals surface area contributed by atoms with Gasteiger partial charge in [-0.3, -0.25) is 9.59 Å². The van der Waals surface area contributed by atoms with Crippen LogP contribution in [0, 0.1) is 11.8 Å². The molecule has 2 saturated heterocycles. The number of anilines is 1. The van der Waals surface area contributed by atoms with Gasteiger partial charge in [-0.1, -0.05) is 25.4 Å². The number of nitrogens with zero attached hydrogens (tertiary/aromatic N) is 1. The number of aliphatic carboxylic acids is 1. The van der Waals surface area contributed by atoms with Crippen molar-refractivity contribution in [1.82, 2.24) is 10.2 Å². The highest BCUT2D eigenvalue weighted by Crippen LogP contribution is 2.37. The first-order chi connectivity index (χ1) is 16.3. The summed E-state index contributed by atoms with van der Waals surface area (Å²) >= 11 is 5.92. The summed E-state index contributed by atoms with van der Waals surface area (Å²) < 4.78 is 45.5. The zero-order chi connectivity index (χ0) is 26.0. The van der Waals surface area contributed by atoms with Crippen molar-refractivity contribution in [3.8, 4) is 0 Å². The predicted molar refractivity (Wildman–Crippen MR) is 122 cm³/mol. The van der Waals surface area contributed by atoms with E-state index < -0.39 is 47.1 Å². The molecule has 0 aliphatic carbocycles. The first kappa shape index (κ1) is 27.1. The van der Waals surface area contributed by atoms with E-state index in [1.165, 1.54) is 11.0 Å². The molecule has 194 valence electrons. The number of carboxylic acids is 1. The Morgan fingerprint density at radius 2 is 2.06 bits per heavy atom. The molecule has 2 aliphatic rings. The molecule has 12 heteroatoms. The smallest absolute Gasteiger partial charge is 0.416 e. The maximum atomic E-state index is 13.9. The van der Waals surface area contributed by atoms with E-state index in [4.69, 9.17) is 16.3 Å². The number of esters is 1. The van der Waals surface area contributed by atoms with Gasteiger partial charge in [0.2, 0.25) is 5.54 Å². The van der Waals surface area contributed by atoms with Crippen molar-refractivity contribution in [3.63, 3.8) is 0 Å². The SMILES string of the molecule is CC(C)COC(=O)C1(Nc2cc(Cl)cc(C(F)(F)F)c2)CCCN(C2CNCCC2C(=O)O)C1=O. The maximum absolute atomic E-state index is 13.9. The van der Waals surface area contributed by atoms with E-state index >= 15 is 0 Å².